The van der Waals surface area contributed by atoms with Gasteiger partial charge < -0.3 is 4.42 Å². The monoisotopic (exact) mass is 622 g/mol. The Bertz CT molecular complexity index is 2110. The highest BCUT2D eigenvalue weighted by molar-refractivity contribution is 7.07. The number of alkyl halides is 3. The fraction of sp³-hybridized carbons (Fsp3) is 0.125. The molecule has 0 fully saturated rings. The molecule has 210 valence electrons. The molecule has 5 aromatic rings. The van der Waals surface area contributed by atoms with E-state index >= 15 is 0 Å². The number of hydrogen-bond donors (Lipinski definition) is 0. The number of rotatable bonds is 3. The second-order valence-electron chi connectivity index (χ2n) is 10.1. The van der Waals surface area contributed by atoms with Crippen molar-refractivity contribution in [2.45, 2.75) is 25.1 Å². The summed E-state index contributed by atoms with van der Waals surface area (Å²) >= 11 is 14.1. The van der Waals surface area contributed by atoms with Crippen LogP contribution in [-0.4, -0.2) is 4.57 Å². The number of benzene rings is 3. The standard InChI is InChI=1S/C32H19Cl2F3N2O2S/c33-20-9-12-23(25(34)15-20)29-24-11-8-17-4-1-2-7-22(17)28(24)38-31-39(29)30(40)27(42-31)16-21-10-13-26(41-21)18-5-3-6-19(14-18)32(35,36)37/h1-7,9-10,12-16,29H,8,11H2/b27-16+. The van der Waals surface area contributed by atoms with Crippen LogP contribution >= 0.6 is 34.5 Å². The second-order valence-corrected chi connectivity index (χ2v) is 11.9. The minimum atomic E-state index is -4.47. The third-order valence-corrected chi connectivity index (χ3v) is 9.05. The minimum Gasteiger partial charge on any atom is -0.457 e. The van der Waals surface area contributed by atoms with Gasteiger partial charge in [-0.2, -0.15) is 13.2 Å². The molecule has 42 heavy (non-hydrogen) atoms. The van der Waals surface area contributed by atoms with Crippen LogP contribution in [0, 0.1) is 0 Å². The van der Waals surface area contributed by atoms with Crippen LogP contribution in [0.2, 0.25) is 10.0 Å². The summed E-state index contributed by atoms with van der Waals surface area (Å²) in [6.45, 7) is 0. The van der Waals surface area contributed by atoms with Crippen LogP contribution in [0.5, 0.6) is 0 Å². The molecule has 0 saturated carbocycles. The van der Waals surface area contributed by atoms with Gasteiger partial charge in [-0.25, -0.2) is 4.99 Å². The zero-order chi connectivity index (χ0) is 29.2. The maximum atomic E-state index is 14.0. The quantitative estimate of drug-likeness (QED) is 0.205. The summed E-state index contributed by atoms with van der Waals surface area (Å²) in [5.41, 5.74) is 4.07. The molecule has 3 heterocycles. The average molecular weight is 623 g/mol. The van der Waals surface area contributed by atoms with E-state index in [1.54, 1.807) is 41.0 Å². The van der Waals surface area contributed by atoms with Crippen molar-refractivity contribution in [3.8, 4) is 11.3 Å². The molecule has 3 aromatic carbocycles. The van der Waals surface area contributed by atoms with Crippen LogP contribution in [0.15, 0.2) is 98.6 Å². The van der Waals surface area contributed by atoms with Gasteiger partial charge in [0, 0.05) is 27.2 Å². The zero-order valence-corrected chi connectivity index (χ0v) is 23.9. The molecule has 0 spiro atoms. The van der Waals surface area contributed by atoms with Gasteiger partial charge in [0.25, 0.3) is 5.56 Å². The smallest absolute Gasteiger partial charge is 0.416 e. The molecule has 0 amide bonds. The lowest BCUT2D eigenvalue weighted by atomic mass is 9.83. The lowest BCUT2D eigenvalue weighted by Gasteiger charge is -2.31. The van der Waals surface area contributed by atoms with E-state index in [1.165, 1.54) is 23.0 Å². The molecule has 4 nitrogen and oxygen atoms in total. The zero-order valence-electron chi connectivity index (χ0n) is 21.6. The predicted octanol–water partition coefficient (Wildman–Crippen LogP) is 7.90. The van der Waals surface area contributed by atoms with E-state index in [0.717, 1.165) is 41.0 Å². The van der Waals surface area contributed by atoms with Crippen molar-refractivity contribution >= 4 is 46.3 Å². The van der Waals surface area contributed by atoms with Crippen LogP contribution in [0.3, 0.4) is 0 Å². The Morgan fingerprint density at radius 2 is 1.81 bits per heavy atom. The average Bonchev–Trinajstić information content (AvgIpc) is 3.56. The van der Waals surface area contributed by atoms with E-state index in [4.69, 9.17) is 32.6 Å². The maximum Gasteiger partial charge on any atom is 0.416 e. The SMILES string of the molecule is O=c1/c(=C\c2ccc(-c3cccc(C(F)(F)F)c3)o2)sc2n1C(c1ccc(Cl)cc1Cl)C1=C(N=2)c2ccccc2CC1. The van der Waals surface area contributed by atoms with Crippen molar-refractivity contribution in [3.63, 3.8) is 0 Å². The normalized spacial score (nSPS) is 16.6. The fourth-order valence-corrected chi connectivity index (χ4v) is 7.08. The second kappa shape index (κ2) is 10.2. The summed E-state index contributed by atoms with van der Waals surface area (Å²) in [5.74, 6) is 0.598. The van der Waals surface area contributed by atoms with Gasteiger partial charge in [0.2, 0.25) is 0 Å². The van der Waals surface area contributed by atoms with Gasteiger partial charge in [-0.15, -0.1) is 0 Å². The molecule has 1 atom stereocenters. The number of nitrogens with zero attached hydrogens (tertiary/aromatic N) is 2. The van der Waals surface area contributed by atoms with Crippen LogP contribution in [-0.2, 0) is 12.6 Å². The van der Waals surface area contributed by atoms with Crippen molar-refractivity contribution in [1.29, 1.82) is 0 Å². The number of aryl methyl sites for hydroxylation is 1. The number of furan rings is 1. The maximum absolute atomic E-state index is 14.0. The van der Waals surface area contributed by atoms with Crippen molar-refractivity contribution in [2.24, 2.45) is 4.99 Å². The van der Waals surface area contributed by atoms with Crippen LogP contribution in [0.1, 0.15) is 40.5 Å². The van der Waals surface area contributed by atoms with E-state index < -0.39 is 17.8 Å². The van der Waals surface area contributed by atoms with E-state index in [-0.39, 0.29) is 16.9 Å². The third-order valence-electron chi connectivity index (χ3n) is 7.50. The Balaban J connectivity index is 1.38. The Morgan fingerprint density at radius 3 is 2.62 bits per heavy atom. The van der Waals surface area contributed by atoms with E-state index in [0.29, 0.717) is 31.6 Å². The Kier molecular flexibility index (Phi) is 6.53. The van der Waals surface area contributed by atoms with Gasteiger partial charge in [0.15, 0.2) is 4.80 Å². The molecular weight excluding hydrogens is 604 g/mol. The van der Waals surface area contributed by atoms with E-state index in [1.807, 2.05) is 24.3 Å². The van der Waals surface area contributed by atoms with E-state index in [9.17, 15) is 18.0 Å². The number of allylic oxidation sites excluding steroid dienone is 1. The summed E-state index contributed by atoms with van der Waals surface area (Å²) in [5, 5.41) is 0.945. The molecule has 2 aliphatic rings. The highest BCUT2D eigenvalue weighted by Crippen LogP contribution is 2.43. The van der Waals surface area contributed by atoms with Crippen LogP contribution in [0.25, 0.3) is 23.1 Å². The number of fused-ring (bicyclic) bond motifs is 3. The molecule has 0 saturated heterocycles. The highest BCUT2D eigenvalue weighted by Gasteiger charge is 2.34. The fourth-order valence-electron chi connectivity index (χ4n) is 5.59. The van der Waals surface area contributed by atoms with Gasteiger partial charge >= 0.3 is 6.18 Å². The van der Waals surface area contributed by atoms with Crippen molar-refractivity contribution in [3.05, 3.63) is 142 Å². The van der Waals surface area contributed by atoms with Crippen LogP contribution < -0.4 is 14.9 Å². The van der Waals surface area contributed by atoms with Gasteiger partial charge in [0.05, 0.1) is 21.8 Å². The molecule has 0 radical (unpaired) electrons. The minimum absolute atomic E-state index is 0.262. The molecule has 1 unspecified atom stereocenters. The summed E-state index contributed by atoms with van der Waals surface area (Å²) in [7, 11) is 0. The largest absolute Gasteiger partial charge is 0.457 e. The lowest BCUT2D eigenvalue weighted by molar-refractivity contribution is -0.137. The first-order chi connectivity index (χ1) is 20.2. The highest BCUT2D eigenvalue weighted by atomic mass is 35.5. The molecule has 7 rings (SSSR count). The number of aromatic nitrogens is 1. The number of thiazole rings is 1. The number of halogens is 5. The Morgan fingerprint density at radius 1 is 0.976 bits per heavy atom. The van der Waals surface area contributed by atoms with Gasteiger partial charge in [-0.05, 0) is 65.9 Å². The van der Waals surface area contributed by atoms with Crippen molar-refractivity contribution in [2.75, 3.05) is 0 Å². The molecule has 10 heteroatoms. The topological polar surface area (TPSA) is 47.5 Å². The first kappa shape index (κ1) is 27.0. The first-order valence-corrected chi connectivity index (χ1v) is 14.6. The third kappa shape index (κ3) is 4.64. The van der Waals surface area contributed by atoms with Gasteiger partial charge in [-0.1, -0.05) is 77.0 Å². The lowest BCUT2D eigenvalue weighted by Crippen LogP contribution is -2.38. The molecule has 0 N–H and O–H groups in total. The first-order valence-electron chi connectivity index (χ1n) is 13.0. The Hall–Kier alpha value is -3.85. The Labute approximate surface area is 251 Å². The summed E-state index contributed by atoms with van der Waals surface area (Å²) in [4.78, 5) is 19.4. The van der Waals surface area contributed by atoms with Crippen molar-refractivity contribution < 1.29 is 17.6 Å². The summed E-state index contributed by atoms with van der Waals surface area (Å²) < 4.78 is 47.6. The van der Waals surface area contributed by atoms with Crippen molar-refractivity contribution in [1.82, 2.24) is 4.57 Å². The van der Waals surface area contributed by atoms with E-state index in [2.05, 4.69) is 6.07 Å². The molecule has 2 aromatic heterocycles. The summed E-state index contributed by atoms with van der Waals surface area (Å²) in [6, 6.07) is 21.0. The number of hydrogen-bond acceptors (Lipinski definition) is 4. The van der Waals surface area contributed by atoms with Crippen LogP contribution in [0.4, 0.5) is 13.2 Å². The molecule has 1 aliphatic heterocycles. The molecule has 0 bridgehead atoms. The molecular formula is C32H19Cl2F3N2O2S. The predicted molar refractivity (Wildman–Crippen MR) is 158 cm³/mol. The van der Waals surface area contributed by atoms with Gasteiger partial charge in [0.1, 0.15) is 11.5 Å². The summed E-state index contributed by atoms with van der Waals surface area (Å²) in [6.07, 6.45) is -1.36. The molecule has 1 aliphatic carbocycles. The van der Waals surface area contributed by atoms with Gasteiger partial charge in [-0.3, -0.25) is 9.36 Å².